The molecule has 0 radical (unpaired) electrons. The SMILES string of the molecule is CC(C)CC(C)(NCc1ccccc1)C(=O)O. The molecule has 2 N–H and O–H groups in total. The van der Waals surface area contributed by atoms with Crippen LogP contribution >= 0.6 is 0 Å². The van der Waals surface area contributed by atoms with Gasteiger partial charge in [-0.25, -0.2) is 0 Å². The minimum Gasteiger partial charge on any atom is -0.480 e. The average Bonchev–Trinajstić information content (AvgIpc) is 2.27. The lowest BCUT2D eigenvalue weighted by Gasteiger charge is -2.28. The van der Waals surface area contributed by atoms with Gasteiger partial charge in [0.1, 0.15) is 5.54 Å². The number of nitrogens with one attached hydrogen (secondary N) is 1. The number of aliphatic carboxylic acids is 1. The van der Waals surface area contributed by atoms with Gasteiger partial charge in [-0.1, -0.05) is 44.2 Å². The Bertz CT molecular complexity index is 362. The smallest absolute Gasteiger partial charge is 0.323 e. The van der Waals surface area contributed by atoms with E-state index in [1.54, 1.807) is 6.92 Å². The van der Waals surface area contributed by atoms with Gasteiger partial charge in [-0.15, -0.1) is 0 Å². The maximum atomic E-state index is 11.3. The van der Waals surface area contributed by atoms with E-state index in [1.807, 2.05) is 44.2 Å². The standard InChI is InChI=1S/C14H21NO2/c1-11(2)9-14(3,13(16)17)15-10-12-7-5-4-6-8-12/h4-8,11,15H,9-10H2,1-3H3,(H,16,17). The lowest BCUT2D eigenvalue weighted by Crippen LogP contribution is -2.49. The molecule has 0 saturated carbocycles. The molecular formula is C14H21NO2. The molecule has 1 aromatic carbocycles. The predicted octanol–water partition coefficient (Wildman–Crippen LogP) is 2.67. The highest BCUT2D eigenvalue weighted by Gasteiger charge is 2.32. The molecule has 0 aliphatic carbocycles. The molecule has 1 rings (SSSR count). The van der Waals surface area contributed by atoms with Gasteiger partial charge in [0.05, 0.1) is 0 Å². The first-order chi connectivity index (χ1) is 7.94. The van der Waals surface area contributed by atoms with E-state index in [4.69, 9.17) is 0 Å². The van der Waals surface area contributed by atoms with Crippen LogP contribution in [0.1, 0.15) is 32.8 Å². The Morgan fingerprint density at radius 3 is 2.41 bits per heavy atom. The summed E-state index contributed by atoms with van der Waals surface area (Å²) in [5, 5.41) is 12.4. The Morgan fingerprint density at radius 1 is 1.35 bits per heavy atom. The molecule has 1 unspecified atom stereocenters. The summed E-state index contributed by atoms with van der Waals surface area (Å²) in [5.74, 6) is -0.443. The second-order valence-electron chi connectivity index (χ2n) is 5.07. The van der Waals surface area contributed by atoms with Gasteiger partial charge >= 0.3 is 5.97 Å². The molecule has 1 atom stereocenters. The first-order valence-corrected chi connectivity index (χ1v) is 5.96. The van der Waals surface area contributed by atoms with Crippen LogP contribution in [0, 0.1) is 5.92 Å². The Hall–Kier alpha value is -1.35. The van der Waals surface area contributed by atoms with Gasteiger partial charge in [-0.2, -0.15) is 0 Å². The van der Waals surface area contributed by atoms with E-state index in [9.17, 15) is 9.90 Å². The zero-order chi connectivity index (χ0) is 12.9. The van der Waals surface area contributed by atoms with Crippen LogP contribution in [0.3, 0.4) is 0 Å². The summed E-state index contributed by atoms with van der Waals surface area (Å²) in [4.78, 5) is 11.3. The lowest BCUT2D eigenvalue weighted by atomic mass is 9.90. The van der Waals surface area contributed by atoms with E-state index < -0.39 is 11.5 Å². The maximum Gasteiger partial charge on any atom is 0.323 e. The fourth-order valence-electron chi connectivity index (χ4n) is 1.94. The molecule has 0 bridgehead atoms. The molecule has 0 aromatic heterocycles. The van der Waals surface area contributed by atoms with E-state index in [0.29, 0.717) is 18.9 Å². The third kappa shape index (κ3) is 4.19. The van der Waals surface area contributed by atoms with Crippen LogP contribution in [0.25, 0.3) is 0 Å². The molecule has 17 heavy (non-hydrogen) atoms. The van der Waals surface area contributed by atoms with Crippen molar-refractivity contribution in [3.63, 3.8) is 0 Å². The fraction of sp³-hybridized carbons (Fsp3) is 0.500. The summed E-state index contributed by atoms with van der Waals surface area (Å²) in [5.41, 5.74) is 0.244. The third-order valence-corrected chi connectivity index (χ3v) is 2.81. The number of benzene rings is 1. The van der Waals surface area contributed by atoms with Gasteiger partial charge < -0.3 is 5.11 Å². The molecule has 3 nitrogen and oxygen atoms in total. The molecular weight excluding hydrogens is 214 g/mol. The predicted molar refractivity (Wildman–Crippen MR) is 68.8 cm³/mol. The minimum absolute atomic E-state index is 0.347. The number of carbonyl (C=O) groups is 1. The Kier molecular flexibility index (Phi) is 4.70. The quantitative estimate of drug-likeness (QED) is 0.797. The van der Waals surface area contributed by atoms with Gasteiger partial charge in [0.2, 0.25) is 0 Å². The highest BCUT2D eigenvalue weighted by molar-refractivity contribution is 5.78. The van der Waals surface area contributed by atoms with Crippen LogP contribution in [-0.2, 0) is 11.3 Å². The van der Waals surface area contributed by atoms with E-state index in [1.165, 1.54) is 0 Å². The molecule has 94 valence electrons. The molecule has 0 fully saturated rings. The summed E-state index contributed by atoms with van der Waals surface area (Å²) in [6.45, 7) is 6.39. The molecule has 0 aliphatic heterocycles. The summed E-state index contributed by atoms with van der Waals surface area (Å²) < 4.78 is 0. The van der Waals surface area contributed by atoms with Gasteiger partial charge in [0, 0.05) is 6.54 Å². The first-order valence-electron chi connectivity index (χ1n) is 5.96. The van der Waals surface area contributed by atoms with E-state index >= 15 is 0 Å². The van der Waals surface area contributed by atoms with Crippen LogP contribution < -0.4 is 5.32 Å². The van der Waals surface area contributed by atoms with Crippen LogP contribution in [0.5, 0.6) is 0 Å². The number of hydrogen-bond acceptors (Lipinski definition) is 2. The van der Waals surface area contributed by atoms with E-state index in [-0.39, 0.29) is 0 Å². The van der Waals surface area contributed by atoms with Crippen molar-refractivity contribution in [1.29, 1.82) is 0 Å². The molecule has 0 spiro atoms. The summed E-state index contributed by atoms with van der Waals surface area (Å²) in [7, 11) is 0. The topological polar surface area (TPSA) is 49.3 Å². The van der Waals surface area contributed by atoms with Crippen LogP contribution in [0.2, 0.25) is 0 Å². The Morgan fingerprint density at radius 2 is 1.94 bits per heavy atom. The van der Waals surface area contributed by atoms with Crippen molar-refractivity contribution >= 4 is 5.97 Å². The Labute approximate surface area is 103 Å². The van der Waals surface area contributed by atoms with Crippen molar-refractivity contribution in [3.05, 3.63) is 35.9 Å². The number of rotatable bonds is 6. The maximum absolute atomic E-state index is 11.3. The van der Waals surface area contributed by atoms with E-state index in [2.05, 4.69) is 5.32 Å². The molecule has 0 heterocycles. The van der Waals surface area contributed by atoms with Crippen LogP contribution in [-0.4, -0.2) is 16.6 Å². The van der Waals surface area contributed by atoms with E-state index in [0.717, 1.165) is 5.56 Å². The summed E-state index contributed by atoms with van der Waals surface area (Å²) in [6.07, 6.45) is 0.620. The largest absolute Gasteiger partial charge is 0.480 e. The van der Waals surface area contributed by atoms with Gasteiger partial charge in [0.15, 0.2) is 0 Å². The molecule has 0 amide bonds. The summed E-state index contributed by atoms with van der Waals surface area (Å²) in [6, 6.07) is 9.85. The van der Waals surface area contributed by atoms with Gasteiger partial charge in [-0.3, -0.25) is 10.1 Å². The number of hydrogen-bond donors (Lipinski definition) is 2. The molecule has 1 aromatic rings. The first kappa shape index (κ1) is 13.7. The highest BCUT2D eigenvalue weighted by Crippen LogP contribution is 2.17. The molecule has 3 heteroatoms. The zero-order valence-electron chi connectivity index (χ0n) is 10.7. The zero-order valence-corrected chi connectivity index (χ0v) is 10.7. The average molecular weight is 235 g/mol. The number of carboxylic acid groups (broad SMARTS) is 1. The van der Waals surface area contributed by atoms with Gasteiger partial charge in [-0.05, 0) is 24.8 Å². The lowest BCUT2D eigenvalue weighted by molar-refractivity contribution is -0.145. The normalized spacial score (nSPS) is 14.6. The second-order valence-corrected chi connectivity index (χ2v) is 5.07. The van der Waals surface area contributed by atoms with Crippen molar-refractivity contribution in [2.24, 2.45) is 5.92 Å². The second kappa shape index (κ2) is 5.82. The van der Waals surface area contributed by atoms with Crippen molar-refractivity contribution in [2.75, 3.05) is 0 Å². The Balaban J connectivity index is 2.65. The minimum atomic E-state index is -0.857. The molecule has 0 aliphatic rings. The van der Waals surface area contributed by atoms with Crippen molar-refractivity contribution in [2.45, 2.75) is 39.3 Å². The summed E-state index contributed by atoms with van der Waals surface area (Å²) >= 11 is 0. The highest BCUT2D eigenvalue weighted by atomic mass is 16.4. The molecule has 0 saturated heterocycles. The van der Waals surface area contributed by atoms with Crippen LogP contribution in [0.4, 0.5) is 0 Å². The number of carboxylic acids is 1. The van der Waals surface area contributed by atoms with Crippen molar-refractivity contribution < 1.29 is 9.90 Å². The third-order valence-electron chi connectivity index (χ3n) is 2.81. The van der Waals surface area contributed by atoms with Gasteiger partial charge in [0.25, 0.3) is 0 Å². The van der Waals surface area contributed by atoms with Crippen LogP contribution in [0.15, 0.2) is 30.3 Å². The monoisotopic (exact) mass is 235 g/mol. The van der Waals surface area contributed by atoms with Crippen molar-refractivity contribution in [1.82, 2.24) is 5.32 Å². The van der Waals surface area contributed by atoms with Crippen molar-refractivity contribution in [3.8, 4) is 0 Å². The fourth-order valence-corrected chi connectivity index (χ4v) is 1.94.